The molecule has 2 aromatic carbocycles. The smallest absolute Gasteiger partial charge is 0.251 e. The summed E-state index contributed by atoms with van der Waals surface area (Å²) in [4.78, 5) is 28.8. The van der Waals surface area contributed by atoms with Gasteiger partial charge >= 0.3 is 0 Å². The lowest BCUT2D eigenvalue weighted by atomic mass is 10.1. The Kier molecular flexibility index (Phi) is 7.41. The highest BCUT2D eigenvalue weighted by Gasteiger charge is 2.16. The molecule has 172 valence electrons. The average molecular weight is 487 g/mol. The molecule has 1 aliphatic rings. The Morgan fingerprint density at radius 2 is 1.97 bits per heavy atom. The topological polar surface area (TPSA) is 94.5 Å². The number of hydrogen-bond acceptors (Lipinski definition) is 6. The van der Waals surface area contributed by atoms with Crippen molar-refractivity contribution in [3.8, 4) is 11.5 Å². The molecule has 1 aromatic heterocycles. The summed E-state index contributed by atoms with van der Waals surface area (Å²) >= 11 is 7.62. The number of rotatable bonds is 8. The summed E-state index contributed by atoms with van der Waals surface area (Å²) in [6.45, 7) is 1.41. The number of amides is 2. The van der Waals surface area contributed by atoms with Crippen LogP contribution < -0.4 is 20.1 Å². The van der Waals surface area contributed by atoms with Crippen LogP contribution in [0.2, 0.25) is 5.02 Å². The average Bonchev–Trinajstić information content (AvgIpc) is 3.23. The molecule has 1 aliphatic heterocycles. The number of fused-ring (bicyclic) bond motifs is 1. The van der Waals surface area contributed by atoms with E-state index in [9.17, 15) is 9.59 Å². The number of imidazole rings is 1. The highest BCUT2D eigenvalue weighted by Crippen LogP contribution is 2.38. The maximum absolute atomic E-state index is 12.5. The molecule has 0 saturated carbocycles. The van der Waals surface area contributed by atoms with Crippen molar-refractivity contribution in [3.63, 3.8) is 0 Å². The highest BCUT2D eigenvalue weighted by atomic mass is 35.5. The van der Waals surface area contributed by atoms with E-state index in [4.69, 9.17) is 21.1 Å². The first-order valence-corrected chi connectivity index (χ1v) is 11.7. The van der Waals surface area contributed by atoms with Gasteiger partial charge in [0.2, 0.25) is 5.91 Å². The van der Waals surface area contributed by atoms with Crippen molar-refractivity contribution in [2.45, 2.75) is 11.6 Å². The van der Waals surface area contributed by atoms with Gasteiger partial charge in [-0.3, -0.25) is 9.59 Å². The summed E-state index contributed by atoms with van der Waals surface area (Å²) in [6.07, 6.45) is 4.12. The SMILES string of the molecule is Cn1ccnc1SCC(=O)Nc1ccc(C(=O)NCCc2cc(Cl)c3c(c2)OCCO3)cc1. The fraction of sp³-hybridized carbons (Fsp3) is 0.261. The number of anilines is 1. The van der Waals surface area contributed by atoms with Crippen molar-refractivity contribution in [1.29, 1.82) is 0 Å². The third-order valence-corrected chi connectivity index (χ3v) is 6.23. The van der Waals surface area contributed by atoms with E-state index in [1.54, 1.807) is 30.5 Å². The summed E-state index contributed by atoms with van der Waals surface area (Å²) < 4.78 is 13.0. The van der Waals surface area contributed by atoms with Crippen LogP contribution in [0.15, 0.2) is 53.9 Å². The number of nitrogens with one attached hydrogen (secondary N) is 2. The van der Waals surface area contributed by atoms with Crippen LogP contribution in [0, 0.1) is 0 Å². The molecule has 2 heterocycles. The van der Waals surface area contributed by atoms with Crippen molar-refractivity contribution in [2.75, 3.05) is 30.8 Å². The van der Waals surface area contributed by atoms with Crippen LogP contribution in [0.5, 0.6) is 11.5 Å². The van der Waals surface area contributed by atoms with Crippen molar-refractivity contribution in [1.82, 2.24) is 14.9 Å². The van der Waals surface area contributed by atoms with Crippen LogP contribution >= 0.6 is 23.4 Å². The molecule has 2 amide bonds. The molecule has 0 radical (unpaired) electrons. The van der Waals surface area contributed by atoms with Crippen molar-refractivity contribution >= 4 is 40.9 Å². The van der Waals surface area contributed by atoms with E-state index in [1.165, 1.54) is 11.8 Å². The Morgan fingerprint density at radius 3 is 2.73 bits per heavy atom. The van der Waals surface area contributed by atoms with Crippen LogP contribution in [0.1, 0.15) is 15.9 Å². The summed E-state index contributed by atoms with van der Waals surface area (Å²) in [6, 6.07) is 10.5. The second-order valence-electron chi connectivity index (χ2n) is 7.34. The van der Waals surface area contributed by atoms with E-state index in [0.717, 1.165) is 10.7 Å². The van der Waals surface area contributed by atoms with Gasteiger partial charge in [0.15, 0.2) is 16.7 Å². The fourth-order valence-corrected chi connectivity index (χ4v) is 4.27. The van der Waals surface area contributed by atoms with Crippen molar-refractivity contribution in [3.05, 3.63) is 64.9 Å². The number of aryl methyl sites for hydroxylation is 1. The summed E-state index contributed by atoms with van der Waals surface area (Å²) in [5.41, 5.74) is 2.09. The van der Waals surface area contributed by atoms with Gasteiger partial charge in [0.05, 0.1) is 10.8 Å². The number of benzene rings is 2. The Morgan fingerprint density at radius 1 is 1.18 bits per heavy atom. The molecule has 0 spiro atoms. The van der Waals surface area contributed by atoms with E-state index >= 15 is 0 Å². The lowest BCUT2D eigenvalue weighted by Gasteiger charge is -2.20. The van der Waals surface area contributed by atoms with Crippen LogP contribution in [0.25, 0.3) is 0 Å². The molecule has 2 N–H and O–H groups in total. The summed E-state index contributed by atoms with van der Waals surface area (Å²) in [5.74, 6) is 1.11. The Hall–Kier alpha value is -3.17. The molecule has 0 unspecified atom stereocenters. The Bertz CT molecular complexity index is 1150. The zero-order valence-corrected chi connectivity index (χ0v) is 19.5. The summed E-state index contributed by atoms with van der Waals surface area (Å²) in [7, 11) is 1.88. The first kappa shape index (κ1) is 23.0. The molecule has 0 fully saturated rings. The maximum Gasteiger partial charge on any atom is 0.251 e. The standard InChI is InChI=1S/C23H23ClN4O4S/c1-28-9-8-26-23(28)33-14-20(29)27-17-4-2-16(3-5-17)22(30)25-7-6-15-12-18(24)21-19(13-15)31-10-11-32-21/h2-5,8-9,12-13H,6-7,10-11,14H2,1H3,(H,25,30)(H,27,29). The van der Waals surface area contributed by atoms with Crippen LogP contribution in [0.3, 0.4) is 0 Å². The minimum Gasteiger partial charge on any atom is -0.486 e. The molecule has 0 atom stereocenters. The number of halogens is 1. The van der Waals surface area contributed by atoms with Gasteiger partial charge in [-0.05, 0) is 48.4 Å². The second kappa shape index (κ2) is 10.6. The molecule has 3 aromatic rings. The highest BCUT2D eigenvalue weighted by molar-refractivity contribution is 7.99. The largest absolute Gasteiger partial charge is 0.486 e. The third kappa shape index (κ3) is 6.00. The molecule has 8 nitrogen and oxygen atoms in total. The maximum atomic E-state index is 12.5. The number of carbonyl (C=O) groups excluding carboxylic acids is 2. The molecular weight excluding hydrogens is 464 g/mol. The van der Waals surface area contributed by atoms with Gasteiger partial charge in [-0.1, -0.05) is 23.4 Å². The van der Waals surface area contributed by atoms with Gasteiger partial charge in [-0.25, -0.2) is 4.98 Å². The van der Waals surface area contributed by atoms with Crippen LogP contribution in [-0.4, -0.2) is 46.9 Å². The molecule has 33 heavy (non-hydrogen) atoms. The molecule has 0 aliphatic carbocycles. The number of aromatic nitrogens is 2. The van der Waals surface area contributed by atoms with E-state index in [0.29, 0.717) is 54.0 Å². The third-order valence-electron chi connectivity index (χ3n) is 4.90. The van der Waals surface area contributed by atoms with Gasteiger partial charge in [-0.2, -0.15) is 0 Å². The van der Waals surface area contributed by atoms with Gasteiger partial charge < -0.3 is 24.7 Å². The van der Waals surface area contributed by atoms with Gasteiger partial charge in [0.1, 0.15) is 13.2 Å². The fourth-order valence-electron chi connectivity index (χ4n) is 3.25. The van der Waals surface area contributed by atoms with Crippen molar-refractivity contribution < 1.29 is 19.1 Å². The molecule has 10 heteroatoms. The minimum atomic E-state index is -0.193. The number of thioether (sulfide) groups is 1. The predicted octanol–water partition coefficient (Wildman–Crippen LogP) is 3.55. The quantitative estimate of drug-likeness (QED) is 0.473. The van der Waals surface area contributed by atoms with Gasteiger partial charge in [0.25, 0.3) is 5.91 Å². The Labute approximate surface area is 200 Å². The van der Waals surface area contributed by atoms with E-state index in [2.05, 4.69) is 15.6 Å². The van der Waals surface area contributed by atoms with Crippen molar-refractivity contribution in [2.24, 2.45) is 7.05 Å². The number of carbonyl (C=O) groups is 2. The number of hydrogen-bond donors (Lipinski definition) is 2. The Balaban J connectivity index is 1.24. The minimum absolute atomic E-state index is 0.140. The zero-order chi connectivity index (χ0) is 23.2. The summed E-state index contributed by atoms with van der Waals surface area (Å²) in [5, 5.41) is 6.99. The first-order chi connectivity index (χ1) is 16.0. The van der Waals surface area contributed by atoms with E-state index < -0.39 is 0 Å². The molecular formula is C23H23ClN4O4S. The number of ether oxygens (including phenoxy) is 2. The number of nitrogens with zero attached hydrogens (tertiary/aromatic N) is 2. The van der Waals surface area contributed by atoms with Crippen LogP contribution in [-0.2, 0) is 18.3 Å². The zero-order valence-electron chi connectivity index (χ0n) is 18.0. The monoisotopic (exact) mass is 486 g/mol. The lowest BCUT2D eigenvalue weighted by molar-refractivity contribution is -0.113. The lowest BCUT2D eigenvalue weighted by Crippen LogP contribution is -2.25. The first-order valence-electron chi connectivity index (χ1n) is 10.4. The second-order valence-corrected chi connectivity index (χ2v) is 8.69. The van der Waals surface area contributed by atoms with Gasteiger partial charge in [0, 0.05) is 37.2 Å². The molecule has 0 saturated heterocycles. The predicted molar refractivity (Wildman–Crippen MR) is 127 cm³/mol. The molecule has 0 bridgehead atoms. The normalized spacial score (nSPS) is 12.3. The molecule has 4 rings (SSSR count). The van der Waals surface area contributed by atoms with Gasteiger partial charge in [-0.15, -0.1) is 0 Å². The van der Waals surface area contributed by atoms with E-state index in [1.807, 2.05) is 29.9 Å². The van der Waals surface area contributed by atoms with E-state index in [-0.39, 0.29) is 17.6 Å². The van der Waals surface area contributed by atoms with Crippen LogP contribution in [0.4, 0.5) is 5.69 Å².